The van der Waals surface area contributed by atoms with E-state index in [9.17, 15) is 4.79 Å². The predicted octanol–water partition coefficient (Wildman–Crippen LogP) is 3.73. The predicted molar refractivity (Wildman–Crippen MR) is 90.0 cm³/mol. The monoisotopic (exact) mass is 330 g/mol. The van der Waals surface area contributed by atoms with E-state index in [0.29, 0.717) is 23.7 Å². The highest BCUT2D eigenvalue weighted by Crippen LogP contribution is 2.22. The Morgan fingerprint density at radius 3 is 2.57 bits per heavy atom. The average molecular weight is 331 g/mol. The maximum absolute atomic E-state index is 12.6. The van der Waals surface area contributed by atoms with Gasteiger partial charge in [-0.3, -0.25) is 9.78 Å². The Morgan fingerprint density at radius 2 is 1.91 bits per heavy atom. The summed E-state index contributed by atoms with van der Waals surface area (Å²) in [5.74, 6) is 0.878. The molecule has 1 aliphatic heterocycles. The molecule has 4 nitrogen and oxygen atoms in total. The minimum absolute atomic E-state index is 0.0561. The second-order valence-corrected chi connectivity index (χ2v) is 6.14. The fourth-order valence-corrected chi connectivity index (χ4v) is 2.89. The molecule has 0 unspecified atom stereocenters. The van der Waals surface area contributed by atoms with Crippen molar-refractivity contribution in [1.29, 1.82) is 0 Å². The van der Waals surface area contributed by atoms with Crippen LogP contribution in [0.4, 0.5) is 0 Å². The van der Waals surface area contributed by atoms with Crippen LogP contribution in [0.2, 0.25) is 5.02 Å². The van der Waals surface area contributed by atoms with E-state index in [0.717, 1.165) is 24.3 Å². The molecule has 0 atom stereocenters. The molecule has 0 aliphatic carbocycles. The maximum Gasteiger partial charge on any atom is 0.255 e. The molecule has 5 heteroatoms. The Balaban J connectivity index is 1.57. The number of nitrogens with zero attached hydrogens (tertiary/aromatic N) is 2. The van der Waals surface area contributed by atoms with Crippen LogP contribution >= 0.6 is 11.6 Å². The molecule has 1 fully saturated rings. The molecular formula is C18H19ClN2O2. The summed E-state index contributed by atoms with van der Waals surface area (Å²) >= 11 is 5.87. The van der Waals surface area contributed by atoms with Crippen LogP contribution in [-0.2, 0) is 0 Å². The first-order chi connectivity index (χ1) is 11.1. The maximum atomic E-state index is 12.6. The molecule has 0 saturated carbocycles. The van der Waals surface area contributed by atoms with Crippen molar-refractivity contribution >= 4 is 17.5 Å². The van der Waals surface area contributed by atoms with Crippen LogP contribution in [0, 0.1) is 6.92 Å². The van der Waals surface area contributed by atoms with E-state index in [2.05, 4.69) is 4.98 Å². The summed E-state index contributed by atoms with van der Waals surface area (Å²) < 4.78 is 5.96. The SMILES string of the molecule is Cc1ncccc1C(=O)N1CCC(Oc2ccc(Cl)cc2)CC1. The number of hydrogen-bond acceptors (Lipinski definition) is 3. The number of likely N-dealkylation sites (tertiary alicyclic amines) is 1. The lowest BCUT2D eigenvalue weighted by molar-refractivity contribution is 0.0594. The van der Waals surface area contributed by atoms with Gasteiger partial charge < -0.3 is 9.64 Å². The Kier molecular flexibility index (Phi) is 4.82. The summed E-state index contributed by atoms with van der Waals surface area (Å²) in [6.45, 7) is 3.26. The van der Waals surface area contributed by atoms with Crippen LogP contribution in [0.1, 0.15) is 28.9 Å². The molecule has 120 valence electrons. The summed E-state index contributed by atoms with van der Waals surface area (Å²) in [7, 11) is 0. The first-order valence-corrected chi connectivity index (χ1v) is 8.14. The first-order valence-electron chi connectivity index (χ1n) is 7.76. The molecule has 0 bridgehead atoms. The number of hydrogen-bond donors (Lipinski definition) is 0. The number of carbonyl (C=O) groups is 1. The van der Waals surface area contributed by atoms with Crippen LogP contribution in [-0.4, -0.2) is 35.0 Å². The minimum Gasteiger partial charge on any atom is -0.490 e. The zero-order valence-corrected chi connectivity index (χ0v) is 13.8. The number of benzene rings is 1. The third kappa shape index (κ3) is 3.82. The Morgan fingerprint density at radius 1 is 1.22 bits per heavy atom. The first kappa shape index (κ1) is 15.8. The van der Waals surface area contributed by atoms with Gasteiger partial charge in [-0.15, -0.1) is 0 Å². The molecule has 2 heterocycles. The highest BCUT2D eigenvalue weighted by Gasteiger charge is 2.25. The fraction of sp³-hybridized carbons (Fsp3) is 0.333. The van der Waals surface area contributed by atoms with E-state index < -0.39 is 0 Å². The number of rotatable bonds is 3. The molecule has 1 aromatic heterocycles. The van der Waals surface area contributed by atoms with Gasteiger partial charge in [0.05, 0.1) is 5.56 Å². The van der Waals surface area contributed by atoms with Gasteiger partial charge >= 0.3 is 0 Å². The van der Waals surface area contributed by atoms with Crippen molar-refractivity contribution in [3.05, 3.63) is 58.9 Å². The summed E-state index contributed by atoms with van der Waals surface area (Å²) in [6.07, 6.45) is 3.50. The zero-order chi connectivity index (χ0) is 16.2. The van der Waals surface area contributed by atoms with E-state index in [1.807, 2.05) is 42.2 Å². The third-order valence-electron chi connectivity index (χ3n) is 4.08. The quantitative estimate of drug-likeness (QED) is 0.861. The number of halogens is 1. The standard InChI is InChI=1S/C18H19ClN2O2/c1-13-17(3-2-10-20-13)18(22)21-11-8-16(9-12-21)23-15-6-4-14(19)5-7-15/h2-7,10,16H,8-9,11-12H2,1H3. The largest absolute Gasteiger partial charge is 0.490 e. The molecule has 0 spiro atoms. The van der Waals surface area contributed by atoms with Crippen LogP contribution < -0.4 is 4.74 Å². The molecule has 1 saturated heterocycles. The van der Waals surface area contributed by atoms with Gasteiger partial charge in [-0.05, 0) is 43.3 Å². The Hall–Kier alpha value is -2.07. The molecule has 1 aliphatic rings. The van der Waals surface area contributed by atoms with Crippen LogP contribution in [0.25, 0.3) is 0 Å². The summed E-state index contributed by atoms with van der Waals surface area (Å²) in [6, 6.07) is 11.0. The van der Waals surface area contributed by atoms with Gasteiger partial charge in [0.15, 0.2) is 0 Å². The lowest BCUT2D eigenvalue weighted by Gasteiger charge is -2.32. The number of amides is 1. The molecule has 3 rings (SSSR count). The number of aryl methyl sites for hydroxylation is 1. The molecule has 2 aromatic rings. The van der Waals surface area contributed by atoms with Crippen molar-refractivity contribution in [1.82, 2.24) is 9.88 Å². The topological polar surface area (TPSA) is 42.4 Å². The van der Waals surface area contributed by atoms with Crippen molar-refractivity contribution in [3.63, 3.8) is 0 Å². The third-order valence-corrected chi connectivity index (χ3v) is 4.33. The van der Waals surface area contributed by atoms with Crippen LogP contribution in [0.15, 0.2) is 42.6 Å². The van der Waals surface area contributed by atoms with E-state index in [1.165, 1.54) is 0 Å². The molecule has 0 radical (unpaired) electrons. The van der Waals surface area contributed by atoms with Gasteiger partial charge in [0.2, 0.25) is 0 Å². The molecule has 23 heavy (non-hydrogen) atoms. The van der Waals surface area contributed by atoms with Gasteiger partial charge in [-0.25, -0.2) is 0 Å². The summed E-state index contributed by atoms with van der Waals surface area (Å²) in [5.41, 5.74) is 1.46. The number of aromatic nitrogens is 1. The van der Waals surface area contributed by atoms with Gasteiger partial charge in [-0.1, -0.05) is 11.6 Å². The van der Waals surface area contributed by atoms with Gasteiger partial charge in [0.1, 0.15) is 11.9 Å². The fourth-order valence-electron chi connectivity index (χ4n) is 2.76. The lowest BCUT2D eigenvalue weighted by atomic mass is 10.1. The number of ether oxygens (including phenoxy) is 1. The van der Waals surface area contributed by atoms with Crippen molar-refractivity contribution in [2.75, 3.05) is 13.1 Å². The van der Waals surface area contributed by atoms with Crippen molar-refractivity contribution in [2.45, 2.75) is 25.9 Å². The van der Waals surface area contributed by atoms with E-state index >= 15 is 0 Å². The van der Waals surface area contributed by atoms with Gasteiger partial charge in [0, 0.05) is 42.8 Å². The summed E-state index contributed by atoms with van der Waals surface area (Å²) in [4.78, 5) is 18.6. The van der Waals surface area contributed by atoms with Crippen molar-refractivity contribution in [2.24, 2.45) is 0 Å². The number of carbonyl (C=O) groups excluding carboxylic acids is 1. The van der Waals surface area contributed by atoms with Crippen molar-refractivity contribution < 1.29 is 9.53 Å². The zero-order valence-electron chi connectivity index (χ0n) is 13.0. The van der Waals surface area contributed by atoms with Crippen LogP contribution in [0.3, 0.4) is 0 Å². The molecule has 1 amide bonds. The van der Waals surface area contributed by atoms with Gasteiger partial charge in [-0.2, -0.15) is 0 Å². The van der Waals surface area contributed by atoms with Crippen molar-refractivity contribution in [3.8, 4) is 5.75 Å². The summed E-state index contributed by atoms with van der Waals surface area (Å²) in [5, 5.41) is 0.699. The number of piperidine rings is 1. The lowest BCUT2D eigenvalue weighted by Crippen LogP contribution is -2.42. The van der Waals surface area contributed by atoms with Gasteiger partial charge in [0.25, 0.3) is 5.91 Å². The normalized spacial score (nSPS) is 15.5. The molecule has 1 aromatic carbocycles. The molecule has 0 N–H and O–H groups in total. The number of pyridine rings is 1. The van der Waals surface area contributed by atoms with Crippen LogP contribution in [0.5, 0.6) is 5.75 Å². The highest BCUT2D eigenvalue weighted by atomic mass is 35.5. The highest BCUT2D eigenvalue weighted by molar-refractivity contribution is 6.30. The molecular weight excluding hydrogens is 312 g/mol. The average Bonchev–Trinajstić information content (AvgIpc) is 2.57. The van der Waals surface area contributed by atoms with E-state index in [4.69, 9.17) is 16.3 Å². The second kappa shape index (κ2) is 7.01. The smallest absolute Gasteiger partial charge is 0.255 e. The Labute approximate surface area is 141 Å². The van der Waals surface area contributed by atoms with E-state index in [-0.39, 0.29) is 12.0 Å². The second-order valence-electron chi connectivity index (χ2n) is 5.70. The Bertz CT molecular complexity index is 680. The van der Waals surface area contributed by atoms with E-state index in [1.54, 1.807) is 12.3 Å². The minimum atomic E-state index is 0.0561.